The molecule has 1 unspecified atom stereocenters. The molecule has 1 atom stereocenters. The zero-order valence-electron chi connectivity index (χ0n) is 20.0. The number of rotatable bonds is 5. The van der Waals surface area contributed by atoms with Crippen LogP contribution in [0.3, 0.4) is 0 Å². The van der Waals surface area contributed by atoms with Crippen molar-refractivity contribution in [1.82, 2.24) is 9.38 Å². The highest BCUT2D eigenvalue weighted by molar-refractivity contribution is 6.30. The average Bonchev–Trinajstić information content (AvgIpc) is 3.68. The third kappa shape index (κ3) is 4.17. The molecule has 0 amide bonds. The Morgan fingerprint density at radius 3 is 2.81 bits per heavy atom. The monoisotopic (exact) mass is 515 g/mol. The van der Waals surface area contributed by atoms with Gasteiger partial charge in [0.1, 0.15) is 29.9 Å². The average molecular weight is 516 g/mol. The fourth-order valence-electron chi connectivity index (χ4n) is 5.06. The van der Waals surface area contributed by atoms with Crippen LogP contribution in [0, 0.1) is 23.1 Å². The lowest BCUT2D eigenvalue weighted by Crippen LogP contribution is -2.09. The van der Waals surface area contributed by atoms with Gasteiger partial charge < -0.3 is 19.0 Å². The first-order chi connectivity index (χ1) is 18.0. The molecule has 1 aliphatic carbocycles. The van der Waals surface area contributed by atoms with Gasteiger partial charge in [0.15, 0.2) is 0 Å². The molecule has 1 N–H and O–H groups in total. The lowest BCUT2D eigenvalue weighted by atomic mass is 9.87. The first-order valence-electron chi connectivity index (χ1n) is 12.0. The molecule has 1 saturated carbocycles. The van der Waals surface area contributed by atoms with Crippen LogP contribution in [-0.4, -0.2) is 21.6 Å². The van der Waals surface area contributed by atoms with Crippen LogP contribution >= 0.6 is 11.6 Å². The van der Waals surface area contributed by atoms with E-state index in [0.29, 0.717) is 44.5 Å². The van der Waals surface area contributed by atoms with Crippen LogP contribution in [0.1, 0.15) is 52.6 Å². The van der Waals surface area contributed by atoms with Crippen molar-refractivity contribution in [2.24, 2.45) is 5.92 Å². The van der Waals surface area contributed by atoms with Crippen molar-refractivity contribution in [3.8, 4) is 11.8 Å². The second-order valence-corrected chi connectivity index (χ2v) is 9.81. The van der Waals surface area contributed by atoms with Crippen molar-refractivity contribution >= 4 is 22.8 Å². The van der Waals surface area contributed by atoms with Gasteiger partial charge in [-0.2, -0.15) is 5.26 Å². The van der Waals surface area contributed by atoms with Gasteiger partial charge in [0.25, 0.3) is 0 Å². The second kappa shape index (κ2) is 9.31. The van der Waals surface area contributed by atoms with Crippen molar-refractivity contribution in [3.63, 3.8) is 0 Å². The van der Waals surface area contributed by atoms with Crippen molar-refractivity contribution in [2.75, 3.05) is 7.11 Å². The molecule has 1 fully saturated rings. The van der Waals surface area contributed by atoms with E-state index in [1.807, 2.05) is 18.2 Å². The standard InChI is InChI=1S/C29H23ClFN3O3/c1-36-15-24-28(34-9-8-19(30)11-26(34)33-24)29(35)17-4-6-21-18(10-17)14-37-25-12-20(31)5-7-22(25)27(21)23(13-32)16-2-3-16/h4-12,16,29,35H,2-3,14-15H2,1H3. The molecular formula is C29H23ClFN3O3. The molecule has 186 valence electrons. The van der Waals surface area contributed by atoms with Gasteiger partial charge >= 0.3 is 0 Å². The summed E-state index contributed by atoms with van der Waals surface area (Å²) in [5.74, 6) is 0.196. The number of halogens is 2. The number of fused-ring (bicyclic) bond motifs is 3. The number of imidazole rings is 1. The van der Waals surface area contributed by atoms with Crippen LogP contribution < -0.4 is 4.74 Å². The minimum atomic E-state index is -1.01. The van der Waals surface area contributed by atoms with Crippen molar-refractivity contribution < 1.29 is 19.0 Å². The molecule has 2 aromatic carbocycles. The van der Waals surface area contributed by atoms with E-state index in [4.69, 9.17) is 21.1 Å². The SMILES string of the molecule is COCc1nc2cc(Cl)ccn2c1C(O)c1ccc2c(c1)COc1cc(F)ccc1C2=C(C#N)C1CC1. The Labute approximate surface area is 218 Å². The van der Waals surface area contributed by atoms with E-state index in [0.717, 1.165) is 29.5 Å². The van der Waals surface area contributed by atoms with Gasteiger partial charge in [-0.3, -0.25) is 0 Å². The number of allylic oxidation sites excluding steroid dienone is 1. The van der Waals surface area contributed by atoms with Crippen molar-refractivity contribution in [1.29, 1.82) is 5.26 Å². The molecule has 37 heavy (non-hydrogen) atoms. The predicted octanol–water partition coefficient (Wildman–Crippen LogP) is 5.98. The van der Waals surface area contributed by atoms with Gasteiger partial charge in [0.05, 0.1) is 24.1 Å². The lowest BCUT2D eigenvalue weighted by Gasteiger charge is -2.17. The van der Waals surface area contributed by atoms with E-state index in [1.54, 1.807) is 35.9 Å². The van der Waals surface area contributed by atoms with E-state index in [2.05, 4.69) is 11.1 Å². The summed E-state index contributed by atoms with van der Waals surface area (Å²) in [4.78, 5) is 4.61. The minimum Gasteiger partial charge on any atom is -0.488 e. The zero-order valence-corrected chi connectivity index (χ0v) is 20.8. The molecule has 8 heteroatoms. The Bertz CT molecular complexity index is 1620. The molecule has 0 spiro atoms. The first kappa shape index (κ1) is 23.7. The van der Waals surface area contributed by atoms with Gasteiger partial charge in [-0.25, -0.2) is 9.37 Å². The number of ether oxygens (including phenoxy) is 2. The molecule has 0 radical (unpaired) electrons. The summed E-state index contributed by atoms with van der Waals surface area (Å²) in [5.41, 5.74) is 6.26. The van der Waals surface area contributed by atoms with E-state index in [9.17, 15) is 14.8 Å². The van der Waals surface area contributed by atoms with E-state index >= 15 is 0 Å². The number of pyridine rings is 1. The van der Waals surface area contributed by atoms with Gasteiger partial charge in [0, 0.05) is 47.2 Å². The predicted molar refractivity (Wildman–Crippen MR) is 137 cm³/mol. The topological polar surface area (TPSA) is 79.8 Å². The molecule has 3 heterocycles. The molecule has 6 nitrogen and oxygen atoms in total. The first-order valence-corrected chi connectivity index (χ1v) is 12.4. The maximum absolute atomic E-state index is 14.1. The fourth-order valence-corrected chi connectivity index (χ4v) is 5.22. The highest BCUT2D eigenvalue weighted by Gasteiger charge is 2.33. The number of benzene rings is 2. The third-order valence-electron chi connectivity index (χ3n) is 6.93. The summed E-state index contributed by atoms with van der Waals surface area (Å²) < 4.78 is 27.3. The number of hydrogen-bond acceptors (Lipinski definition) is 5. The number of aliphatic hydroxyl groups is 1. The van der Waals surface area contributed by atoms with Crippen molar-refractivity contribution in [3.05, 3.63) is 105 Å². The quantitative estimate of drug-likeness (QED) is 0.331. The molecule has 1 aliphatic heterocycles. The molecule has 6 rings (SSSR count). The van der Waals surface area contributed by atoms with Gasteiger partial charge in [-0.05, 0) is 59.7 Å². The zero-order chi connectivity index (χ0) is 25.7. The Morgan fingerprint density at radius 1 is 1.24 bits per heavy atom. The number of nitriles is 1. The van der Waals surface area contributed by atoms with Gasteiger partial charge in [-0.1, -0.05) is 23.7 Å². The normalized spacial score (nSPS) is 16.8. The maximum atomic E-state index is 14.1. The maximum Gasteiger partial charge on any atom is 0.138 e. The van der Waals surface area contributed by atoms with Gasteiger partial charge in [0.2, 0.25) is 0 Å². The van der Waals surface area contributed by atoms with Crippen LogP contribution in [0.15, 0.2) is 60.3 Å². The Hall–Kier alpha value is -3.70. The van der Waals surface area contributed by atoms with Crippen LogP contribution in [-0.2, 0) is 18.0 Å². The molecular weight excluding hydrogens is 493 g/mol. The van der Waals surface area contributed by atoms with E-state index in [1.165, 1.54) is 12.1 Å². The number of nitrogens with zero attached hydrogens (tertiary/aromatic N) is 3. The highest BCUT2D eigenvalue weighted by Crippen LogP contribution is 2.46. The Morgan fingerprint density at radius 2 is 2.05 bits per heavy atom. The van der Waals surface area contributed by atoms with Crippen LogP contribution in [0.25, 0.3) is 11.2 Å². The van der Waals surface area contributed by atoms with E-state index < -0.39 is 11.9 Å². The number of aromatic nitrogens is 2. The highest BCUT2D eigenvalue weighted by atomic mass is 35.5. The molecule has 0 saturated heterocycles. The smallest absolute Gasteiger partial charge is 0.138 e. The van der Waals surface area contributed by atoms with Gasteiger partial charge in [-0.15, -0.1) is 0 Å². The minimum absolute atomic E-state index is 0.174. The summed E-state index contributed by atoms with van der Waals surface area (Å²) in [5, 5.41) is 22.2. The Kier molecular flexibility index (Phi) is 5.96. The van der Waals surface area contributed by atoms with Crippen molar-refractivity contribution in [2.45, 2.75) is 32.2 Å². The molecule has 2 aromatic heterocycles. The largest absolute Gasteiger partial charge is 0.488 e. The van der Waals surface area contributed by atoms with E-state index in [-0.39, 0.29) is 19.1 Å². The molecule has 2 aliphatic rings. The van der Waals surface area contributed by atoms with Crippen LogP contribution in [0.5, 0.6) is 5.75 Å². The fraction of sp³-hybridized carbons (Fsp3) is 0.241. The number of methoxy groups -OCH3 is 1. The summed E-state index contributed by atoms with van der Waals surface area (Å²) in [6, 6.07) is 16.0. The summed E-state index contributed by atoms with van der Waals surface area (Å²) in [6.45, 7) is 0.396. The summed E-state index contributed by atoms with van der Waals surface area (Å²) >= 11 is 6.16. The molecule has 4 aromatic rings. The third-order valence-corrected chi connectivity index (χ3v) is 7.16. The second-order valence-electron chi connectivity index (χ2n) is 9.37. The Balaban J connectivity index is 1.49. The number of hydrogen-bond donors (Lipinski definition) is 1. The summed E-state index contributed by atoms with van der Waals surface area (Å²) in [7, 11) is 1.58. The lowest BCUT2D eigenvalue weighted by molar-refractivity contribution is 0.172. The molecule has 0 bridgehead atoms. The van der Waals surface area contributed by atoms with Crippen LogP contribution in [0.4, 0.5) is 4.39 Å². The van der Waals surface area contributed by atoms with Crippen LogP contribution in [0.2, 0.25) is 5.02 Å². The summed E-state index contributed by atoms with van der Waals surface area (Å²) in [6.07, 6.45) is 2.67. The number of aliphatic hydroxyl groups excluding tert-OH is 1.